The molecule has 0 bridgehead atoms. The number of alkyl halides is 1. The van der Waals surface area contributed by atoms with Crippen LogP contribution < -0.4 is 46.9 Å². The number of halogens is 2. The van der Waals surface area contributed by atoms with Crippen molar-refractivity contribution in [3.63, 3.8) is 0 Å². The van der Waals surface area contributed by atoms with Crippen LogP contribution in [0.25, 0.3) is 65.3 Å². The molecule has 0 aliphatic carbocycles. The molecule has 48 heteroatoms. The first-order valence-corrected chi connectivity index (χ1v) is 44.6. The summed E-state index contributed by atoms with van der Waals surface area (Å²) in [5.74, 6) is 3.60. The van der Waals surface area contributed by atoms with Crippen LogP contribution in [0, 0.1) is 37.8 Å². The van der Waals surface area contributed by atoms with Crippen molar-refractivity contribution in [2.75, 3.05) is 213 Å². The Balaban J connectivity index is 0.000000204. The number of non-ortho nitro benzene ring substituents is 3. The summed E-state index contributed by atoms with van der Waals surface area (Å²) in [6.07, 6.45) is 0.258. The van der Waals surface area contributed by atoms with E-state index in [1.54, 1.807) is 33.0 Å². The minimum absolute atomic E-state index is 0. The first kappa shape index (κ1) is 109. The maximum Gasteiger partial charge on any atom is 0.435 e. The molecule has 4 fully saturated rings. The number of nitrogens with one attached hydrogen (secondary N) is 6. The molecule has 45 nitrogen and oxygen atoms in total. The Bertz CT molecular complexity index is 6120. The largest absolute Gasteiger partial charge is 0.475 e. The number of hydrogen-bond acceptors (Lipinski definition) is 35. The van der Waals surface area contributed by atoms with E-state index < -0.39 is 37.9 Å². The van der Waals surface area contributed by atoms with E-state index in [9.17, 15) is 54.3 Å². The molecule has 10 N–H and O–H groups in total. The van der Waals surface area contributed by atoms with Gasteiger partial charge in [0.1, 0.15) is 25.6 Å². The van der Waals surface area contributed by atoms with E-state index in [2.05, 4.69) is 106 Å². The Labute approximate surface area is 810 Å². The molecule has 0 spiro atoms. The van der Waals surface area contributed by atoms with Crippen molar-refractivity contribution in [1.29, 1.82) is 0 Å². The number of fused-ring (bicyclic) bond motifs is 6. The van der Waals surface area contributed by atoms with Crippen LogP contribution in [0.1, 0.15) is 41.5 Å². The van der Waals surface area contributed by atoms with Crippen molar-refractivity contribution in [2.24, 2.45) is 0 Å². The summed E-state index contributed by atoms with van der Waals surface area (Å²) >= 11 is 10.3. The third-order valence-electron chi connectivity index (χ3n) is 20.8. The van der Waals surface area contributed by atoms with Gasteiger partial charge in [-0.15, -0.1) is 26.9 Å². The van der Waals surface area contributed by atoms with E-state index in [-0.39, 0.29) is 80.5 Å². The van der Waals surface area contributed by atoms with Gasteiger partial charge in [-0.05, 0) is 107 Å². The molecule has 742 valence electrons. The predicted octanol–water partition coefficient (Wildman–Crippen LogP) is 12.6. The van der Waals surface area contributed by atoms with Crippen molar-refractivity contribution in [1.82, 2.24) is 84.6 Å². The zero-order chi connectivity index (χ0) is 96.5. The summed E-state index contributed by atoms with van der Waals surface area (Å²) in [7, 11) is 0. The van der Waals surface area contributed by atoms with Gasteiger partial charge in [-0.1, -0.05) is 45.0 Å². The SMILES string of the molecule is CCN(CC)CC.CCOC(=O)Cl.CCOC(=O)n1[nH]c(=O)c2cc([N+](=O)[O-])ccc21.CCOC(=O)n1nc(OCCN2CCOCC2)c2cc([N+](=O)[O-])ccc21.ClCCN1CCOCC1.Nc1ccc(Oc2ccnc(Nc3ccc4[nH]nc(OCCN5CCOCC5)c4c3)n2)c2ccccc12.Nc1ccc2[nH]nc(OCCN3CCOCC3)c2c1.O=c1[nH][nH]c2ccc([N+](=O)[O-])cc12.[CH3-].[Pd]. The fraction of sp³-hybridized carbons (Fsp3) is 0.404. The number of nitrogen functional groups attached to an aromatic ring is 2. The van der Waals surface area contributed by atoms with Crippen molar-refractivity contribution in [2.45, 2.75) is 41.5 Å². The molecule has 10 heterocycles. The fourth-order valence-corrected chi connectivity index (χ4v) is 14.1. The quantitative estimate of drug-likeness (QED) is 0.00346. The summed E-state index contributed by atoms with van der Waals surface area (Å²) in [5.41, 5.74) is 15.1. The molecule has 0 saturated carbocycles. The number of H-pyrrole nitrogens is 5. The van der Waals surface area contributed by atoms with Crippen molar-refractivity contribution >= 4 is 146 Å². The molecular formula is C89H114Cl2N23O22Pd-. The number of hydrogen-bond donors (Lipinski definition) is 8. The Morgan fingerprint density at radius 2 is 0.985 bits per heavy atom. The molecule has 4 aliphatic rings. The van der Waals surface area contributed by atoms with E-state index in [1.807, 2.05) is 72.8 Å². The number of ether oxygens (including phenoxy) is 11. The van der Waals surface area contributed by atoms with Gasteiger partial charge >= 0.3 is 17.6 Å². The number of aromatic amines is 5. The molecule has 7 aromatic carbocycles. The molecule has 13 aromatic rings. The van der Waals surface area contributed by atoms with Gasteiger partial charge in [0.15, 0.2) is 0 Å². The Morgan fingerprint density at radius 1 is 0.511 bits per heavy atom. The van der Waals surface area contributed by atoms with Crippen LogP contribution in [0.5, 0.6) is 29.3 Å². The normalized spacial score (nSPS) is 13.7. The first-order valence-electron chi connectivity index (χ1n) is 43.6. The van der Waals surface area contributed by atoms with Crippen molar-refractivity contribution in [3.05, 3.63) is 198 Å². The smallest absolute Gasteiger partial charge is 0.435 e. The third kappa shape index (κ3) is 33.1. The minimum atomic E-state index is -0.738. The number of carbonyl (C=O) groups excluding carboxylic acids is 3. The second kappa shape index (κ2) is 57.1. The zero-order valence-electron chi connectivity index (χ0n) is 76.9. The van der Waals surface area contributed by atoms with Gasteiger partial charge in [0, 0.05) is 193 Å². The van der Waals surface area contributed by atoms with E-state index in [0.29, 0.717) is 109 Å². The standard InChI is InChI=1S/C27H27N7O3.C16H20N4O6.C13H18N4O2.C10H9N3O5.C7H5N3O3.C6H12ClNO.C6H15N.C3H5ClO2.CH3.Pd/c28-22-6-8-24(20-4-2-1-3-19(20)22)37-25-9-10-29-27(31-25)30-18-5-7-23-21(17-18)26(33-32-23)36-16-13-34-11-14-35-15-12-34;1-2-25-16(21)19-14-4-3-12(20(22)23)11-13(14)15(17-19)26-10-7-18-5-8-24-9-6-18;14-10-1-2-12-11(9-10)13(16-15-12)19-8-5-17-3-6-18-7-4-17;1-2-18-10(15)12-8-4-3-6(13(16)17)5-7(8)9(14)11-12;11-7-5-3-4(10(12)13)1-2-6(5)8-9-7;7-1-2-8-3-5-9-6-4-8;1-4-7(5-2)6-3;1-2-6-3(4)5;;/h1-10,17H,11-16,28H2,(H,32,33)(H,29,30,31);3-4,11H,2,5-10H2,1H3;1-2,9H,3-8,14H2,(H,15,16);3-5H,2H2,1H3,(H,11,14);1-3H,(H2,8,9,11);1-6H2;4-6H2,1-3H3;2H2,1H3;1H3;/q;;;;;;;;-1;. The van der Waals surface area contributed by atoms with Crippen LogP contribution in [0.2, 0.25) is 0 Å². The number of anilines is 4. The third-order valence-corrected chi connectivity index (χ3v) is 21.1. The average Bonchev–Trinajstić information content (AvgIpc) is 1.65. The van der Waals surface area contributed by atoms with Crippen molar-refractivity contribution < 1.29 is 102 Å². The van der Waals surface area contributed by atoms with Gasteiger partial charge < -0.3 is 81.2 Å². The molecule has 0 radical (unpaired) electrons. The number of benzene rings is 7. The number of nitrogens with two attached hydrogens (primary N) is 2. The van der Waals surface area contributed by atoms with E-state index in [1.165, 1.54) is 68.2 Å². The van der Waals surface area contributed by atoms with Crippen LogP contribution in [-0.2, 0) is 53.6 Å². The average molecular weight is 2040 g/mol. The van der Waals surface area contributed by atoms with Gasteiger partial charge in [-0.25, -0.2) is 19.4 Å². The van der Waals surface area contributed by atoms with Crippen LogP contribution in [0.4, 0.5) is 54.5 Å². The zero-order valence-corrected chi connectivity index (χ0v) is 80.0. The topological polar surface area (TPSA) is 550 Å². The molecule has 0 amide bonds. The molecular weight excluding hydrogens is 1920 g/mol. The maximum absolute atomic E-state index is 12.1. The molecule has 137 heavy (non-hydrogen) atoms. The molecule has 4 aliphatic heterocycles. The number of aromatic nitrogens is 12. The number of nitrogens with zero attached hydrogens (tertiary/aromatic N) is 15. The van der Waals surface area contributed by atoms with Crippen LogP contribution in [0.3, 0.4) is 0 Å². The van der Waals surface area contributed by atoms with E-state index in [0.717, 1.165) is 171 Å². The molecule has 6 aromatic heterocycles. The maximum atomic E-state index is 12.1. The summed E-state index contributed by atoms with van der Waals surface area (Å²) in [6.45, 7) is 34.6. The number of carbonyl (C=O) groups is 3. The summed E-state index contributed by atoms with van der Waals surface area (Å²) < 4.78 is 60.6. The van der Waals surface area contributed by atoms with Crippen LogP contribution >= 0.6 is 23.2 Å². The number of nitro benzene ring substituents is 3. The molecule has 4 saturated heterocycles. The Hall–Kier alpha value is -13.1. The molecule has 17 rings (SSSR count). The first-order chi connectivity index (χ1) is 65.4. The number of nitro groups is 3. The summed E-state index contributed by atoms with van der Waals surface area (Å²) in [5, 5.41) is 65.5. The Morgan fingerprint density at radius 3 is 1.49 bits per heavy atom. The second-order valence-electron chi connectivity index (χ2n) is 29.5. The van der Waals surface area contributed by atoms with Gasteiger partial charge in [0.25, 0.3) is 28.2 Å². The van der Waals surface area contributed by atoms with E-state index in [4.69, 9.17) is 82.0 Å². The summed E-state index contributed by atoms with van der Waals surface area (Å²) in [4.78, 5) is 107. The monoisotopic (exact) mass is 2030 g/mol. The Kier molecular flexibility index (Phi) is 45.5. The second-order valence-corrected chi connectivity index (χ2v) is 30.2. The van der Waals surface area contributed by atoms with Crippen LogP contribution in [-0.4, -0.2) is 314 Å². The van der Waals surface area contributed by atoms with Gasteiger partial charge in [-0.3, -0.25) is 85.0 Å². The van der Waals surface area contributed by atoms with E-state index >= 15 is 0 Å². The van der Waals surface area contributed by atoms with Gasteiger partial charge in [0.05, 0.1) is 142 Å². The van der Waals surface area contributed by atoms with Gasteiger partial charge in [0.2, 0.25) is 29.5 Å². The van der Waals surface area contributed by atoms with Gasteiger partial charge in [-0.2, -0.15) is 14.3 Å². The fourth-order valence-electron chi connectivity index (χ4n) is 13.7. The summed E-state index contributed by atoms with van der Waals surface area (Å²) in [6, 6.07) is 36.6. The molecule has 0 unspecified atom stereocenters. The predicted molar refractivity (Wildman–Crippen MR) is 515 cm³/mol. The number of rotatable bonds is 27. The molecule has 0 atom stereocenters. The van der Waals surface area contributed by atoms with Crippen LogP contribution in [0.15, 0.2) is 149 Å². The number of morpholine rings is 4. The minimum Gasteiger partial charge on any atom is -0.475 e. The van der Waals surface area contributed by atoms with Crippen molar-refractivity contribution in [3.8, 4) is 29.3 Å².